The van der Waals surface area contributed by atoms with Crippen molar-refractivity contribution in [3.8, 4) is 0 Å². The molecular weight excluding hydrogens is 306 g/mol. The first-order valence-electron chi connectivity index (χ1n) is 7.81. The fourth-order valence-electron chi connectivity index (χ4n) is 2.51. The number of aromatic nitrogens is 2. The van der Waals surface area contributed by atoms with Crippen LogP contribution in [0.4, 0.5) is 11.5 Å². The summed E-state index contributed by atoms with van der Waals surface area (Å²) in [6, 6.07) is 11.2. The van der Waals surface area contributed by atoms with Crippen molar-refractivity contribution in [1.82, 2.24) is 19.8 Å². The van der Waals surface area contributed by atoms with Gasteiger partial charge < -0.3 is 15.1 Å². The molecule has 1 aliphatic heterocycles. The predicted molar refractivity (Wildman–Crippen MR) is 89.9 cm³/mol. The Kier molecular flexibility index (Phi) is 4.69. The summed E-state index contributed by atoms with van der Waals surface area (Å²) in [5, 5.41) is 3.14. The molecule has 0 saturated carbocycles. The zero-order valence-corrected chi connectivity index (χ0v) is 13.5. The predicted octanol–water partition coefficient (Wildman–Crippen LogP) is 1.52. The minimum Gasteiger partial charge on any atom is -0.344 e. The summed E-state index contributed by atoms with van der Waals surface area (Å²) in [4.78, 5) is 35.9. The van der Waals surface area contributed by atoms with E-state index in [0.29, 0.717) is 37.6 Å². The molecule has 0 radical (unpaired) electrons. The first kappa shape index (κ1) is 15.9. The molecule has 1 N–H and O–H groups in total. The van der Waals surface area contributed by atoms with Gasteiger partial charge in [-0.2, -0.15) is 0 Å². The standard InChI is InChI=1S/C17H19N5O2/c1-21-9-10-22(8-7-16(21)23)17(24)14-11-15(19-12-18-14)20-13-5-3-2-4-6-13/h2-6,11-12H,7-10H2,1H3,(H,18,19,20). The maximum atomic E-state index is 12.6. The van der Waals surface area contributed by atoms with Crippen LogP contribution in [0.25, 0.3) is 0 Å². The van der Waals surface area contributed by atoms with Crippen LogP contribution >= 0.6 is 0 Å². The molecule has 0 atom stereocenters. The highest BCUT2D eigenvalue weighted by Gasteiger charge is 2.23. The Morgan fingerprint density at radius 1 is 1.12 bits per heavy atom. The van der Waals surface area contributed by atoms with Crippen LogP contribution in [0.3, 0.4) is 0 Å². The molecule has 2 amide bonds. The molecule has 7 heteroatoms. The summed E-state index contributed by atoms with van der Waals surface area (Å²) in [5.74, 6) is 0.429. The van der Waals surface area contributed by atoms with E-state index < -0.39 is 0 Å². The average Bonchev–Trinajstić information content (AvgIpc) is 2.77. The molecule has 1 aromatic carbocycles. The van der Waals surface area contributed by atoms with Gasteiger partial charge in [-0.15, -0.1) is 0 Å². The molecule has 0 bridgehead atoms. The third kappa shape index (κ3) is 3.68. The number of nitrogens with one attached hydrogen (secondary N) is 1. The van der Waals surface area contributed by atoms with E-state index in [-0.39, 0.29) is 11.8 Å². The molecule has 2 heterocycles. The van der Waals surface area contributed by atoms with Crippen molar-refractivity contribution in [1.29, 1.82) is 0 Å². The van der Waals surface area contributed by atoms with Gasteiger partial charge in [0.05, 0.1) is 0 Å². The van der Waals surface area contributed by atoms with E-state index in [2.05, 4.69) is 15.3 Å². The van der Waals surface area contributed by atoms with Crippen LogP contribution in [0.5, 0.6) is 0 Å². The number of benzene rings is 1. The molecule has 0 spiro atoms. The number of hydrogen-bond acceptors (Lipinski definition) is 5. The third-order valence-corrected chi connectivity index (χ3v) is 3.95. The van der Waals surface area contributed by atoms with E-state index >= 15 is 0 Å². The van der Waals surface area contributed by atoms with Crippen molar-refractivity contribution in [3.63, 3.8) is 0 Å². The summed E-state index contributed by atoms with van der Waals surface area (Å²) in [5.41, 5.74) is 1.21. The zero-order chi connectivity index (χ0) is 16.9. The number of rotatable bonds is 3. The van der Waals surface area contributed by atoms with Gasteiger partial charge in [-0.1, -0.05) is 18.2 Å². The van der Waals surface area contributed by atoms with Gasteiger partial charge >= 0.3 is 0 Å². The lowest BCUT2D eigenvalue weighted by molar-refractivity contribution is -0.129. The number of amides is 2. The monoisotopic (exact) mass is 325 g/mol. The normalized spacial score (nSPS) is 15.1. The van der Waals surface area contributed by atoms with Gasteiger partial charge in [-0.05, 0) is 12.1 Å². The molecule has 1 saturated heterocycles. The molecule has 0 aliphatic carbocycles. The Labute approximate surface area is 140 Å². The number of anilines is 2. The fourth-order valence-corrected chi connectivity index (χ4v) is 2.51. The number of hydrogen-bond donors (Lipinski definition) is 1. The van der Waals surface area contributed by atoms with Crippen LogP contribution in [-0.2, 0) is 4.79 Å². The van der Waals surface area contributed by atoms with Crippen LogP contribution < -0.4 is 5.32 Å². The summed E-state index contributed by atoms with van der Waals surface area (Å²) < 4.78 is 0. The molecule has 2 aromatic rings. The molecular formula is C17H19N5O2. The zero-order valence-electron chi connectivity index (χ0n) is 13.5. The second-order valence-electron chi connectivity index (χ2n) is 5.64. The molecule has 1 aliphatic rings. The van der Waals surface area contributed by atoms with Gasteiger partial charge in [0.15, 0.2) is 0 Å². The van der Waals surface area contributed by atoms with Crippen molar-refractivity contribution in [2.45, 2.75) is 6.42 Å². The highest BCUT2D eigenvalue weighted by atomic mass is 16.2. The summed E-state index contributed by atoms with van der Waals surface area (Å²) in [7, 11) is 1.75. The lowest BCUT2D eigenvalue weighted by Gasteiger charge is -2.20. The van der Waals surface area contributed by atoms with Gasteiger partial charge in [0.2, 0.25) is 5.91 Å². The number of carbonyl (C=O) groups excluding carboxylic acids is 2. The summed E-state index contributed by atoms with van der Waals surface area (Å²) in [6.07, 6.45) is 1.70. The summed E-state index contributed by atoms with van der Waals surface area (Å²) in [6.45, 7) is 1.45. The van der Waals surface area contributed by atoms with Crippen LogP contribution in [0.2, 0.25) is 0 Å². The van der Waals surface area contributed by atoms with Crippen LogP contribution in [0, 0.1) is 0 Å². The second kappa shape index (κ2) is 7.08. The Morgan fingerprint density at radius 3 is 2.71 bits per heavy atom. The van der Waals surface area contributed by atoms with E-state index in [0.717, 1.165) is 5.69 Å². The minimum atomic E-state index is -0.184. The number of para-hydroxylation sites is 1. The Hall–Kier alpha value is -2.96. The first-order valence-corrected chi connectivity index (χ1v) is 7.81. The van der Waals surface area contributed by atoms with E-state index in [1.165, 1.54) is 6.33 Å². The maximum absolute atomic E-state index is 12.6. The minimum absolute atomic E-state index is 0.0550. The SMILES string of the molecule is CN1CCN(C(=O)c2cc(Nc3ccccc3)ncn2)CCC1=O. The molecule has 24 heavy (non-hydrogen) atoms. The first-order chi connectivity index (χ1) is 11.6. The van der Waals surface area contributed by atoms with Crippen molar-refractivity contribution in [2.75, 3.05) is 32.0 Å². The summed E-state index contributed by atoms with van der Waals surface area (Å²) >= 11 is 0. The Balaban J connectivity index is 1.73. The molecule has 0 unspecified atom stereocenters. The number of likely N-dealkylation sites (N-methyl/N-ethyl adjacent to an activating group) is 1. The average molecular weight is 325 g/mol. The highest BCUT2D eigenvalue weighted by Crippen LogP contribution is 2.15. The highest BCUT2D eigenvalue weighted by molar-refractivity contribution is 5.93. The van der Waals surface area contributed by atoms with Crippen LogP contribution in [0.15, 0.2) is 42.7 Å². The third-order valence-electron chi connectivity index (χ3n) is 3.95. The number of nitrogens with zero attached hydrogens (tertiary/aromatic N) is 4. The molecule has 7 nitrogen and oxygen atoms in total. The van der Waals surface area contributed by atoms with Crippen molar-refractivity contribution in [3.05, 3.63) is 48.4 Å². The van der Waals surface area contributed by atoms with Gasteiger partial charge in [0.25, 0.3) is 5.91 Å². The smallest absolute Gasteiger partial charge is 0.272 e. The lowest BCUT2D eigenvalue weighted by Crippen LogP contribution is -2.35. The van der Waals surface area contributed by atoms with E-state index in [1.54, 1.807) is 22.9 Å². The lowest BCUT2D eigenvalue weighted by atomic mass is 10.3. The maximum Gasteiger partial charge on any atom is 0.272 e. The van der Waals surface area contributed by atoms with E-state index in [1.807, 2.05) is 30.3 Å². The van der Waals surface area contributed by atoms with Gasteiger partial charge in [0, 0.05) is 44.9 Å². The quantitative estimate of drug-likeness (QED) is 0.926. The van der Waals surface area contributed by atoms with Crippen LogP contribution in [-0.4, -0.2) is 58.3 Å². The molecule has 1 fully saturated rings. The Bertz CT molecular complexity index is 735. The van der Waals surface area contributed by atoms with Gasteiger partial charge in [0.1, 0.15) is 17.8 Å². The molecule has 1 aromatic heterocycles. The van der Waals surface area contributed by atoms with Gasteiger partial charge in [-0.3, -0.25) is 9.59 Å². The van der Waals surface area contributed by atoms with E-state index in [9.17, 15) is 9.59 Å². The van der Waals surface area contributed by atoms with Crippen molar-refractivity contribution >= 4 is 23.3 Å². The fraction of sp³-hybridized carbons (Fsp3) is 0.294. The van der Waals surface area contributed by atoms with Gasteiger partial charge in [-0.25, -0.2) is 9.97 Å². The molecule has 124 valence electrons. The molecule has 3 rings (SSSR count). The van der Waals surface area contributed by atoms with Crippen molar-refractivity contribution in [2.24, 2.45) is 0 Å². The van der Waals surface area contributed by atoms with Crippen LogP contribution in [0.1, 0.15) is 16.9 Å². The van der Waals surface area contributed by atoms with Crippen molar-refractivity contribution < 1.29 is 9.59 Å². The topological polar surface area (TPSA) is 78.4 Å². The van der Waals surface area contributed by atoms with E-state index in [4.69, 9.17) is 0 Å². The largest absolute Gasteiger partial charge is 0.344 e. The second-order valence-corrected chi connectivity index (χ2v) is 5.64. The Morgan fingerprint density at radius 2 is 1.92 bits per heavy atom. The number of carbonyl (C=O) groups is 2.